The molecule has 1 rings (SSSR count). The standard InChI is InChI=1S/C10H9ClN2O2/c1-15-9(14)4-7-2-6(5-12)3-8(13)10(7)11/h2-3H,4,13H2,1H3. The summed E-state index contributed by atoms with van der Waals surface area (Å²) in [6.07, 6.45) is 0.00898. The number of hydrogen-bond donors (Lipinski definition) is 1. The smallest absolute Gasteiger partial charge is 0.310 e. The van der Waals surface area contributed by atoms with Crippen LogP contribution in [0.3, 0.4) is 0 Å². The van der Waals surface area contributed by atoms with Crippen LogP contribution in [-0.4, -0.2) is 13.1 Å². The first-order valence-electron chi connectivity index (χ1n) is 4.13. The molecule has 2 N–H and O–H groups in total. The van der Waals surface area contributed by atoms with E-state index in [4.69, 9.17) is 22.6 Å². The van der Waals surface area contributed by atoms with Crippen molar-refractivity contribution in [3.05, 3.63) is 28.3 Å². The molecule has 0 fully saturated rings. The molecular formula is C10H9ClN2O2. The molecular weight excluding hydrogens is 216 g/mol. The van der Waals surface area contributed by atoms with Gasteiger partial charge in [0, 0.05) is 0 Å². The number of ether oxygens (including phenoxy) is 1. The van der Waals surface area contributed by atoms with E-state index in [1.807, 2.05) is 6.07 Å². The van der Waals surface area contributed by atoms with Crippen LogP contribution in [0.2, 0.25) is 5.02 Å². The number of carbonyl (C=O) groups excluding carboxylic acids is 1. The predicted molar refractivity (Wildman–Crippen MR) is 56.3 cm³/mol. The van der Waals surface area contributed by atoms with Gasteiger partial charge in [0.25, 0.3) is 0 Å². The summed E-state index contributed by atoms with van der Waals surface area (Å²) >= 11 is 5.88. The number of hydrogen-bond acceptors (Lipinski definition) is 4. The summed E-state index contributed by atoms with van der Waals surface area (Å²) in [5, 5.41) is 8.99. The molecule has 1 aromatic rings. The lowest BCUT2D eigenvalue weighted by Gasteiger charge is -2.06. The lowest BCUT2D eigenvalue weighted by molar-refractivity contribution is -0.139. The summed E-state index contributed by atoms with van der Waals surface area (Å²) in [5.41, 5.74) is 6.74. The number of nitrogens with two attached hydrogens (primary N) is 1. The summed E-state index contributed by atoms with van der Waals surface area (Å²) in [7, 11) is 1.29. The van der Waals surface area contributed by atoms with Gasteiger partial charge in [-0.15, -0.1) is 0 Å². The quantitative estimate of drug-likeness (QED) is 0.610. The number of nitriles is 1. The second-order valence-electron chi connectivity index (χ2n) is 2.90. The lowest BCUT2D eigenvalue weighted by Crippen LogP contribution is -2.06. The number of carbonyl (C=O) groups is 1. The summed E-state index contributed by atoms with van der Waals surface area (Å²) in [5.74, 6) is -0.425. The molecule has 0 aliphatic heterocycles. The Morgan fingerprint density at radius 1 is 1.67 bits per heavy atom. The molecule has 0 aliphatic carbocycles. The van der Waals surface area contributed by atoms with Gasteiger partial charge < -0.3 is 10.5 Å². The van der Waals surface area contributed by atoms with Crippen LogP contribution in [-0.2, 0) is 16.0 Å². The fourth-order valence-electron chi connectivity index (χ4n) is 1.13. The largest absolute Gasteiger partial charge is 0.469 e. The first-order valence-corrected chi connectivity index (χ1v) is 4.51. The molecule has 0 aliphatic rings. The first-order chi connectivity index (χ1) is 7.08. The Bertz CT molecular complexity index is 438. The van der Waals surface area contributed by atoms with E-state index in [1.54, 1.807) is 0 Å². The summed E-state index contributed by atoms with van der Waals surface area (Å²) in [6, 6.07) is 4.92. The Morgan fingerprint density at radius 2 is 2.33 bits per heavy atom. The number of nitrogens with zero attached hydrogens (tertiary/aromatic N) is 1. The molecule has 0 radical (unpaired) electrons. The maximum Gasteiger partial charge on any atom is 0.310 e. The zero-order valence-corrected chi connectivity index (χ0v) is 8.84. The van der Waals surface area contributed by atoms with Gasteiger partial charge >= 0.3 is 5.97 Å². The van der Waals surface area contributed by atoms with Crippen LogP contribution in [0, 0.1) is 11.3 Å². The number of methoxy groups -OCH3 is 1. The second kappa shape index (κ2) is 4.67. The SMILES string of the molecule is COC(=O)Cc1cc(C#N)cc(N)c1Cl. The zero-order chi connectivity index (χ0) is 11.4. The average Bonchev–Trinajstić information content (AvgIpc) is 2.24. The van der Waals surface area contributed by atoms with Crippen LogP contribution in [0.15, 0.2) is 12.1 Å². The van der Waals surface area contributed by atoms with Gasteiger partial charge in [-0.2, -0.15) is 5.26 Å². The molecule has 0 bridgehead atoms. The Hall–Kier alpha value is -1.73. The average molecular weight is 225 g/mol. The van der Waals surface area contributed by atoms with Crippen LogP contribution >= 0.6 is 11.6 Å². The third kappa shape index (κ3) is 2.61. The predicted octanol–water partition coefficient (Wildman–Crippen LogP) is 1.51. The van der Waals surface area contributed by atoms with Gasteiger partial charge in [0.1, 0.15) is 0 Å². The Morgan fingerprint density at radius 3 is 2.87 bits per heavy atom. The molecule has 0 unspecified atom stereocenters. The van der Waals surface area contributed by atoms with E-state index in [2.05, 4.69) is 4.74 Å². The fourth-order valence-corrected chi connectivity index (χ4v) is 1.31. The number of halogens is 1. The Kier molecular flexibility index (Phi) is 3.53. The van der Waals surface area contributed by atoms with Crippen molar-refractivity contribution >= 4 is 23.3 Å². The molecule has 5 heteroatoms. The van der Waals surface area contributed by atoms with Crippen molar-refractivity contribution in [2.24, 2.45) is 0 Å². The number of esters is 1. The van der Waals surface area contributed by atoms with Crippen molar-refractivity contribution in [3.63, 3.8) is 0 Å². The highest BCUT2D eigenvalue weighted by atomic mass is 35.5. The van der Waals surface area contributed by atoms with Crippen molar-refractivity contribution in [3.8, 4) is 6.07 Å². The molecule has 1 aromatic carbocycles. The van der Waals surface area contributed by atoms with E-state index in [-0.39, 0.29) is 12.1 Å². The minimum Gasteiger partial charge on any atom is -0.469 e. The van der Waals surface area contributed by atoms with Crippen molar-refractivity contribution in [1.29, 1.82) is 5.26 Å². The lowest BCUT2D eigenvalue weighted by atomic mass is 10.1. The monoisotopic (exact) mass is 224 g/mol. The first kappa shape index (κ1) is 11.3. The van der Waals surface area contributed by atoms with Crippen molar-refractivity contribution in [2.75, 3.05) is 12.8 Å². The normalized spacial score (nSPS) is 9.40. The van der Waals surface area contributed by atoms with Gasteiger partial charge in [0.05, 0.1) is 35.9 Å². The molecule has 15 heavy (non-hydrogen) atoms. The topological polar surface area (TPSA) is 76.1 Å². The van der Waals surface area contributed by atoms with Crippen LogP contribution in [0.25, 0.3) is 0 Å². The van der Waals surface area contributed by atoms with Gasteiger partial charge in [-0.05, 0) is 17.7 Å². The Labute approximate surface area is 92.2 Å². The molecule has 4 nitrogen and oxygen atoms in total. The van der Waals surface area contributed by atoms with Gasteiger partial charge in [-0.3, -0.25) is 4.79 Å². The van der Waals surface area contributed by atoms with Crippen LogP contribution in [0.4, 0.5) is 5.69 Å². The van der Waals surface area contributed by atoms with Gasteiger partial charge in [-0.25, -0.2) is 0 Å². The highest BCUT2D eigenvalue weighted by Crippen LogP contribution is 2.25. The van der Waals surface area contributed by atoms with Crippen LogP contribution in [0.1, 0.15) is 11.1 Å². The zero-order valence-electron chi connectivity index (χ0n) is 8.08. The number of nitrogen functional groups attached to an aromatic ring is 1. The van der Waals surface area contributed by atoms with Crippen molar-refractivity contribution in [2.45, 2.75) is 6.42 Å². The van der Waals surface area contributed by atoms with E-state index in [9.17, 15) is 4.79 Å². The van der Waals surface area contributed by atoms with E-state index in [0.29, 0.717) is 16.1 Å². The number of anilines is 1. The molecule has 0 atom stereocenters. The maximum atomic E-state index is 11.0. The van der Waals surface area contributed by atoms with Gasteiger partial charge in [0.15, 0.2) is 0 Å². The van der Waals surface area contributed by atoms with Gasteiger partial charge in [-0.1, -0.05) is 11.6 Å². The number of benzene rings is 1. The fraction of sp³-hybridized carbons (Fsp3) is 0.200. The van der Waals surface area contributed by atoms with Gasteiger partial charge in [0.2, 0.25) is 0 Å². The minimum absolute atomic E-state index is 0.00898. The van der Waals surface area contributed by atoms with E-state index >= 15 is 0 Å². The molecule has 0 aromatic heterocycles. The summed E-state index contributed by atoms with van der Waals surface area (Å²) in [4.78, 5) is 11.0. The van der Waals surface area contributed by atoms with Crippen molar-refractivity contribution < 1.29 is 9.53 Å². The molecule has 78 valence electrons. The van der Waals surface area contributed by atoms with E-state index in [0.717, 1.165) is 0 Å². The highest BCUT2D eigenvalue weighted by molar-refractivity contribution is 6.34. The number of rotatable bonds is 2. The molecule has 0 spiro atoms. The van der Waals surface area contributed by atoms with E-state index < -0.39 is 5.97 Å². The van der Waals surface area contributed by atoms with Crippen molar-refractivity contribution in [1.82, 2.24) is 0 Å². The summed E-state index contributed by atoms with van der Waals surface area (Å²) < 4.78 is 4.50. The molecule has 0 saturated carbocycles. The minimum atomic E-state index is -0.425. The molecule has 0 heterocycles. The highest BCUT2D eigenvalue weighted by Gasteiger charge is 2.11. The second-order valence-corrected chi connectivity index (χ2v) is 3.28. The molecule has 0 amide bonds. The Balaban J connectivity index is 3.12. The third-order valence-corrected chi connectivity index (χ3v) is 2.33. The van der Waals surface area contributed by atoms with Crippen LogP contribution < -0.4 is 5.73 Å². The van der Waals surface area contributed by atoms with E-state index in [1.165, 1.54) is 19.2 Å². The molecule has 0 saturated heterocycles. The maximum absolute atomic E-state index is 11.0. The third-order valence-electron chi connectivity index (χ3n) is 1.87. The summed E-state index contributed by atoms with van der Waals surface area (Å²) in [6.45, 7) is 0. The van der Waals surface area contributed by atoms with Crippen LogP contribution in [0.5, 0.6) is 0 Å².